The van der Waals surface area contributed by atoms with E-state index in [1.165, 1.54) is 0 Å². The van der Waals surface area contributed by atoms with Crippen LogP contribution in [0, 0.1) is 5.92 Å². The number of carbonyl (C=O) groups is 2. The summed E-state index contributed by atoms with van der Waals surface area (Å²) in [7, 11) is 0. The average Bonchev–Trinajstić information content (AvgIpc) is 2.52. The van der Waals surface area contributed by atoms with Gasteiger partial charge in [-0.1, -0.05) is 30.4 Å². The Bertz CT molecular complexity index is 469. The molecule has 0 radical (unpaired) electrons. The molecular formula is C17H24N2O3. The van der Waals surface area contributed by atoms with Crippen LogP contribution in [0.2, 0.25) is 0 Å². The van der Waals surface area contributed by atoms with Gasteiger partial charge in [-0.15, -0.1) is 0 Å². The largest absolute Gasteiger partial charge is 0.445 e. The summed E-state index contributed by atoms with van der Waals surface area (Å²) >= 11 is 0. The van der Waals surface area contributed by atoms with Crippen LogP contribution in [0.25, 0.3) is 0 Å². The van der Waals surface area contributed by atoms with E-state index in [2.05, 4.69) is 23.5 Å². The summed E-state index contributed by atoms with van der Waals surface area (Å²) in [5.41, 5.74) is 1.08. The fourth-order valence-electron chi connectivity index (χ4n) is 2.66. The Labute approximate surface area is 131 Å². The molecule has 2 rings (SSSR count). The first-order valence-corrected chi connectivity index (χ1v) is 7.87. The van der Waals surface area contributed by atoms with Gasteiger partial charge in [0.15, 0.2) is 0 Å². The molecule has 1 saturated heterocycles. The van der Waals surface area contributed by atoms with Gasteiger partial charge in [0.2, 0.25) is 6.41 Å². The minimum atomic E-state index is -0.390. The maximum absolute atomic E-state index is 11.8. The van der Waals surface area contributed by atoms with Gasteiger partial charge in [-0.05, 0) is 37.2 Å². The summed E-state index contributed by atoms with van der Waals surface area (Å²) in [5.74, 6) is 0.318. The minimum absolute atomic E-state index is 0.311. The number of amides is 2. The van der Waals surface area contributed by atoms with E-state index in [-0.39, 0.29) is 6.09 Å². The van der Waals surface area contributed by atoms with E-state index < -0.39 is 0 Å². The topological polar surface area (TPSA) is 58.6 Å². The van der Waals surface area contributed by atoms with Gasteiger partial charge < -0.3 is 15.0 Å². The molecule has 0 aromatic carbocycles. The highest BCUT2D eigenvalue weighted by Crippen LogP contribution is 2.14. The van der Waals surface area contributed by atoms with Crippen LogP contribution in [0.1, 0.15) is 25.7 Å². The third-order valence-electron chi connectivity index (χ3n) is 3.91. The quantitative estimate of drug-likeness (QED) is 0.627. The smallest absolute Gasteiger partial charge is 0.407 e. The Morgan fingerprint density at radius 1 is 1.41 bits per heavy atom. The lowest BCUT2D eigenvalue weighted by Crippen LogP contribution is -2.40. The Kier molecular flexibility index (Phi) is 6.74. The number of allylic oxidation sites excluding steroid dienone is 5. The second-order valence-corrected chi connectivity index (χ2v) is 5.73. The zero-order valence-corrected chi connectivity index (χ0v) is 12.9. The molecule has 120 valence electrons. The molecule has 0 saturated carbocycles. The Morgan fingerprint density at radius 2 is 2.32 bits per heavy atom. The zero-order valence-electron chi connectivity index (χ0n) is 12.9. The van der Waals surface area contributed by atoms with Crippen LogP contribution in [0.5, 0.6) is 0 Å². The zero-order chi connectivity index (χ0) is 15.6. The summed E-state index contributed by atoms with van der Waals surface area (Å²) in [6.07, 6.45) is 14.5. The van der Waals surface area contributed by atoms with Crippen molar-refractivity contribution < 1.29 is 14.3 Å². The number of nitrogens with one attached hydrogen (secondary N) is 1. The molecule has 2 amide bonds. The van der Waals surface area contributed by atoms with Gasteiger partial charge >= 0.3 is 6.09 Å². The number of hydrogen-bond acceptors (Lipinski definition) is 3. The van der Waals surface area contributed by atoms with E-state index in [4.69, 9.17) is 4.74 Å². The summed E-state index contributed by atoms with van der Waals surface area (Å²) in [6, 6.07) is 0. The molecule has 1 unspecified atom stereocenters. The Morgan fingerprint density at radius 3 is 3.18 bits per heavy atom. The first-order valence-electron chi connectivity index (χ1n) is 7.87. The number of rotatable bonds is 5. The Hall–Kier alpha value is -2.04. The summed E-state index contributed by atoms with van der Waals surface area (Å²) in [6.45, 7) is 2.40. The van der Waals surface area contributed by atoms with Crippen molar-refractivity contribution in [1.29, 1.82) is 0 Å². The number of nitrogens with zero attached hydrogens (tertiary/aromatic N) is 1. The lowest BCUT2D eigenvalue weighted by atomic mass is 9.99. The standard InChI is InChI=1S/C17H24N2O3/c20-14-19-10-6-9-16(12-19)11-18-17(21)22-13-15-7-4-2-1-3-5-8-15/h2-5,7,14,16H,1,6,8-13H2,(H,18,21)/b4-2?,5-3-,15-7+. The second kappa shape index (κ2) is 9.07. The van der Waals surface area contributed by atoms with E-state index in [1.54, 1.807) is 4.90 Å². The molecular weight excluding hydrogens is 280 g/mol. The monoisotopic (exact) mass is 304 g/mol. The van der Waals surface area contributed by atoms with Crippen LogP contribution >= 0.6 is 0 Å². The van der Waals surface area contributed by atoms with Crippen molar-refractivity contribution in [2.45, 2.75) is 25.7 Å². The van der Waals surface area contributed by atoms with Crippen LogP contribution in [0.3, 0.4) is 0 Å². The normalized spacial score (nSPS) is 25.4. The molecule has 1 fully saturated rings. The molecule has 22 heavy (non-hydrogen) atoms. The lowest BCUT2D eigenvalue weighted by Gasteiger charge is -2.29. The fraction of sp³-hybridized carbons (Fsp3) is 0.529. The molecule has 5 heteroatoms. The highest BCUT2D eigenvalue weighted by Gasteiger charge is 2.19. The van der Waals surface area contributed by atoms with E-state index >= 15 is 0 Å². The average molecular weight is 304 g/mol. The SMILES string of the molecule is O=CN1CCCC(CNC(=O)OC/C2=C/C=CC/C=C\C2)C1. The summed E-state index contributed by atoms with van der Waals surface area (Å²) < 4.78 is 5.25. The highest BCUT2D eigenvalue weighted by molar-refractivity contribution is 5.67. The number of piperidine rings is 1. The van der Waals surface area contributed by atoms with Gasteiger partial charge in [0, 0.05) is 19.6 Å². The van der Waals surface area contributed by atoms with Crippen molar-refractivity contribution in [3.05, 3.63) is 36.0 Å². The molecule has 1 atom stereocenters. The van der Waals surface area contributed by atoms with Crippen LogP contribution in [0.4, 0.5) is 4.79 Å². The second-order valence-electron chi connectivity index (χ2n) is 5.73. The minimum Gasteiger partial charge on any atom is -0.445 e. The van der Waals surface area contributed by atoms with Gasteiger partial charge in [0.25, 0.3) is 0 Å². The van der Waals surface area contributed by atoms with Crippen LogP contribution in [-0.4, -0.2) is 43.6 Å². The number of carbonyl (C=O) groups excluding carboxylic acids is 2. The highest BCUT2D eigenvalue weighted by atomic mass is 16.5. The molecule has 5 nitrogen and oxygen atoms in total. The summed E-state index contributed by atoms with van der Waals surface area (Å²) in [5, 5.41) is 2.80. The van der Waals surface area contributed by atoms with Crippen molar-refractivity contribution in [2.75, 3.05) is 26.2 Å². The van der Waals surface area contributed by atoms with E-state index in [0.29, 0.717) is 25.6 Å². The number of likely N-dealkylation sites (tertiary alicyclic amines) is 1. The van der Waals surface area contributed by atoms with Gasteiger partial charge in [-0.3, -0.25) is 4.79 Å². The fourth-order valence-corrected chi connectivity index (χ4v) is 2.66. The van der Waals surface area contributed by atoms with Gasteiger partial charge in [0.05, 0.1) is 0 Å². The number of alkyl carbamates (subject to hydrolysis) is 1. The van der Waals surface area contributed by atoms with Crippen molar-refractivity contribution >= 4 is 12.5 Å². The molecule has 0 aromatic heterocycles. The van der Waals surface area contributed by atoms with Crippen molar-refractivity contribution in [1.82, 2.24) is 10.2 Å². The van der Waals surface area contributed by atoms with Crippen molar-refractivity contribution in [3.63, 3.8) is 0 Å². The predicted octanol–water partition coefficient (Wildman–Crippen LogP) is 2.41. The Balaban J connectivity index is 1.67. The summed E-state index contributed by atoms with van der Waals surface area (Å²) in [4.78, 5) is 24.3. The molecule has 1 heterocycles. The van der Waals surface area contributed by atoms with Gasteiger partial charge in [0.1, 0.15) is 6.61 Å². The van der Waals surface area contributed by atoms with E-state index in [1.807, 2.05) is 12.2 Å². The molecule has 1 aliphatic carbocycles. The molecule has 0 spiro atoms. The maximum Gasteiger partial charge on any atom is 0.407 e. The maximum atomic E-state index is 11.8. The first kappa shape index (κ1) is 16.3. The third kappa shape index (κ3) is 5.76. The molecule has 1 aliphatic heterocycles. The lowest BCUT2D eigenvalue weighted by molar-refractivity contribution is -0.119. The molecule has 1 N–H and O–H groups in total. The van der Waals surface area contributed by atoms with Crippen molar-refractivity contribution in [3.8, 4) is 0 Å². The van der Waals surface area contributed by atoms with Crippen molar-refractivity contribution in [2.24, 2.45) is 5.92 Å². The van der Waals surface area contributed by atoms with Crippen LogP contribution in [-0.2, 0) is 9.53 Å². The van der Waals surface area contributed by atoms with E-state index in [0.717, 1.165) is 44.2 Å². The van der Waals surface area contributed by atoms with Gasteiger partial charge in [-0.2, -0.15) is 0 Å². The van der Waals surface area contributed by atoms with E-state index in [9.17, 15) is 9.59 Å². The first-order chi connectivity index (χ1) is 10.8. The predicted molar refractivity (Wildman–Crippen MR) is 85.3 cm³/mol. The molecule has 0 bridgehead atoms. The molecule has 2 aliphatic rings. The third-order valence-corrected chi connectivity index (χ3v) is 3.91. The molecule has 0 aromatic rings. The van der Waals surface area contributed by atoms with Gasteiger partial charge in [-0.25, -0.2) is 4.79 Å². The van der Waals surface area contributed by atoms with Crippen LogP contribution < -0.4 is 5.32 Å². The number of ether oxygens (including phenoxy) is 1. The van der Waals surface area contributed by atoms with Crippen LogP contribution in [0.15, 0.2) is 36.0 Å². The number of hydrogen-bond donors (Lipinski definition) is 1.